The first-order valence-corrected chi connectivity index (χ1v) is 9.51. The number of nitrogens with two attached hydrogens (primary N) is 1. The SMILES string of the molecule is CC(C)[C@@H](OC(=O)c1ccccc1SC[C@@H]1CCCO1)C(=O)NC(N)=O. The van der Waals surface area contributed by atoms with E-state index in [0.29, 0.717) is 5.56 Å². The molecule has 0 spiro atoms. The Bertz CT molecular complexity index is 659. The van der Waals surface area contributed by atoms with Crippen LogP contribution in [0.5, 0.6) is 0 Å². The standard InChI is InChI=1S/C18H24N2O5S/c1-11(2)15(16(21)20-18(19)23)25-17(22)13-7-3-4-8-14(13)26-10-12-6-5-9-24-12/h3-4,7-8,11-12,15H,5-6,9-10H2,1-2H3,(H3,19,20,21,23)/t12-,15+/m0/s1. The summed E-state index contributed by atoms with van der Waals surface area (Å²) in [6.45, 7) is 4.22. The summed E-state index contributed by atoms with van der Waals surface area (Å²) in [5.74, 6) is -0.908. The molecule has 0 bridgehead atoms. The van der Waals surface area contributed by atoms with E-state index in [1.165, 1.54) is 11.8 Å². The van der Waals surface area contributed by atoms with Gasteiger partial charge in [0.1, 0.15) is 0 Å². The number of primary amides is 1. The summed E-state index contributed by atoms with van der Waals surface area (Å²) in [7, 11) is 0. The number of urea groups is 1. The second-order valence-electron chi connectivity index (χ2n) is 6.37. The Balaban J connectivity index is 2.07. The van der Waals surface area contributed by atoms with Crippen LogP contribution in [0.2, 0.25) is 0 Å². The molecular formula is C18H24N2O5S. The number of nitrogens with one attached hydrogen (secondary N) is 1. The molecule has 1 fully saturated rings. The fourth-order valence-corrected chi connectivity index (χ4v) is 3.69. The van der Waals surface area contributed by atoms with Crippen molar-refractivity contribution in [1.29, 1.82) is 0 Å². The van der Waals surface area contributed by atoms with Gasteiger partial charge in [0.05, 0.1) is 11.7 Å². The highest BCUT2D eigenvalue weighted by atomic mass is 32.2. The number of imide groups is 1. The Morgan fingerprint density at radius 1 is 1.35 bits per heavy atom. The lowest BCUT2D eigenvalue weighted by Gasteiger charge is -2.20. The molecule has 0 aliphatic carbocycles. The highest BCUT2D eigenvalue weighted by Gasteiger charge is 2.29. The minimum Gasteiger partial charge on any atom is -0.448 e. The summed E-state index contributed by atoms with van der Waals surface area (Å²) in [6, 6.07) is 6.09. The third-order valence-electron chi connectivity index (χ3n) is 3.90. The van der Waals surface area contributed by atoms with Crippen molar-refractivity contribution in [3.63, 3.8) is 0 Å². The number of hydrogen-bond donors (Lipinski definition) is 2. The van der Waals surface area contributed by atoms with Gasteiger partial charge in [-0.3, -0.25) is 10.1 Å². The van der Waals surface area contributed by atoms with E-state index in [1.54, 1.807) is 26.0 Å². The van der Waals surface area contributed by atoms with Gasteiger partial charge in [-0.05, 0) is 30.9 Å². The molecule has 0 radical (unpaired) electrons. The lowest BCUT2D eigenvalue weighted by molar-refractivity contribution is -0.130. The molecule has 0 saturated carbocycles. The predicted molar refractivity (Wildman–Crippen MR) is 97.9 cm³/mol. The van der Waals surface area contributed by atoms with Gasteiger partial charge < -0.3 is 15.2 Å². The molecule has 8 heteroatoms. The van der Waals surface area contributed by atoms with Crippen LogP contribution in [0.3, 0.4) is 0 Å². The van der Waals surface area contributed by atoms with E-state index >= 15 is 0 Å². The Hall–Kier alpha value is -2.06. The average molecular weight is 380 g/mol. The smallest absolute Gasteiger partial charge is 0.340 e. The van der Waals surface area contributed by atoms with Crippen LogP contribution in [0.1, 0.15) is 37.0 Å². The third kappa shape index (κ3) is 5.74. The first kappa shape index (κ1) is 20.3. The molecule has 26 heavy (non-hydrogen) atoms. The van der Waals surface area contributed by atoms with Crippen LogP contribution in [0.4, 0.5) is 4.79 Å². The summed E-state index contributed by atoms with van der Waals surface area (Å²) in [6.07, 6.45) is 1.16. The molecule has 2 rings (SSSR count). The first-order valence-electron chi connectivity index (χ1n) is 8.53. The minimum atomic E-state index is -1.11. The van der Waals surface area contributed by atoms with Crippen LogP contribution in [0.25, 0.3) is 0 Å². The third-order valence-corrected chi connectivity index (χ3v) is 5.11. The molecule has 1 aromatic rings. The quantitative estimate of drug-likeness (QED) is 0.555. The fourth-order valence-electron chi connectivity index (χ4n) is 2.58. The van der Waals surface area contributed by atoms with Crippen LogP contribution in [0.15, 0.2) is 29.2 Å². The molecule has 1 aliphatic rings. The molecule has 1 saturated heterocycles. The van der Waals surface area contributed by atoms with Gasteiger partial charge in [0.2, 0.25) is 0 Å². The predicted octanol–water partition coefficient (Wildman–Crippen LogP) is 2.33. The second kappa shape index (κ2) is 9.59. The van der Waals surface area contributed by atoms with Gasteiger partial charge >= 0.3 is 12.0 Å². The van der Waals surface area contributed by atoms with Crippen LogP contribution in [-0.4, -0.2) is 42.5 Å². The van der Waals surface area contributed by atoms with E-state index in [4.69, 9.17) is 15.2 Å². The maximum absolute atomic E-state index is 12.6. The van der Waals surface area contributed by atoms with Gasteiger partial charge in [0.15, 0.2) is 6.10 Å². The monoisotopic (exact) mass is 380 g/mol. The number of rotatable bonds is 7. The molecule has 0 unspecified atom stereocenters. The molecule has 7 nitrogen and oxygen atoms in total. The lowest BCUT2D eigenvalue weighted by Crippen LogP contribution is -2.45. The highest BCUT2D eigenvalue weighted by molar-refractivity contribution is 7.99. The van der Waals surface area contributed by atoms with Crippen molar-refractivity contribution in [3.05, 3.63) is 29.8 Å². The van der Waals surface area contributed by atoms with Crippen molar-refractivity contribution in [3.8, 4) is 0 Å². The van der Waals surface area contributed by atoms with Crippen molar-refractivity contribution < 1.29 is 23.9 Å². The number of carbonyl (C=O) groups is 3. The molecular weight excluding hydrogens is 356 g/mol. The number of amides is 3. The largest absolute Gasteiger partial charge is 0.448 e. The van der Waals surface area contributed by atoms with Crippen molar-refractivity contribution in [1.82, 2.24) is 5.32 Å². The van der Waals surface area contributed by atoms with Gasteiger partial charge in [-0.25, -0.2) is 9.59 Å². The van der Waals surface area contributed by atoms with Gasteiger partial charge in [-0.2, -0.15) is 0 Å². The Labute approximate surface area is 157 Å². The van der Waals surface area contributed by atoms with Crippen molar-refractivity contribution in [2.75, 3.05) is 12.4 Å². The zero-order chi connectivity index (χ0) is 19.1. The van der Waals surface area contributed by atoms with Gasteiger partial charge in [0, 0.05) is 17.3 Å². The van der Waals surface area contributed by atoms with Crippen LogP contribution in [0, 0.1) is 5.92 Å². The number of thioether (sulfide) groups is 1. The summed E-state index contributed by atoms with van der Waals surface area (Å²) in [5.41, 5.74) is 5.35. The van der Waals surface area contributed by atoms with E-state index < -0.39 is 24.0 Å². The zero-order valence-electron chi connectivity index (χ0n) is 14.9. The number of carbonyl (C=O) groups excluding carboxylic acids is 3. The maximum atomic E-state index is 12.6. The van der Waals surface area contributed by atoms with E-state index in [9.17, 15) is 14.4 Å². The number of esters is 1. The summed E-state index contributed by atoms with van der Waals surface area (Å²) in [4.78, 5) is 36.3. The molecule has 3 amide bonds. The van der Waals surface area contributed by atoms with E-state index in [2.05, 4.69) is 0 Å². The molecule has 1 heterocycles. The number of hydrogen-bond acceptors (Lipinski definition) is 6. The first-order chi connectivity index (χ1) is 12.4. The van der Waals surface area contributed by atoms with Crippen LogP contribution in [-0.2, 0) is 14.3 Å². The molecule has 2 atom stereocenters. The van der Waals surface area contributed by atoms with Crippen LogP contribution >= 0.6 is 11.8 Å². The Morgan fingerprint density at radius 2 is 2.08 bits per heavy atom. The molecule has 1 aromatic carbocycles. The molecule has 3 N–H and O–H groups in total. The van der Waals surface area contributed by atoms with Crippen molar-refractivity contribution >= 4 is 29.7 Å². The normalized spacial score (nSPS) is 17.7. The summed E-state index contributed by atoms with van der Waals surface area (Å²) < 4.78 is 11.0. The van der Waals surface area contributed by atoms with Crippen molar-refractivity contribution in [2.45, 2.75) is 43.8 Å². The topological polar surface area (TPSA) is 108 Å². The second-order valence-corrected chi connectivity index (χ2v) is 7.43. The molecule has 1 aliphatic heterocycles. The van der Waals surface area contributed by atoms with E-state index in [0.717, 1.165) is 30.1 Å². The number of benzene rings is 1. The van der Waals surface area contributed by atoms with Crippen molar-refractivity contribution in [2.24, 2.45) is 11.7 Å². The highest BCUT2D eigenvalue weighted by Crippen LogP contribution is 2.27. The Kier molecular flexibility index (Phi) is 7.47. The lowest BCUT2D eigenvalue weighted by atomic mass is 10.1. The van der Waals surface area contributed by atoms with Gasteiger partial charge in [-0.15, -0.1) is 11.8 Å². The van der Waals surface area contributed by atoms with Crippen LogP contribution < -0.4 is 11.1 Å². The van der Waals surface area contributed by atoms with Gasteiger partial charge in [-0.1, -0.05) is 26.0 Å². The minimum absolute atomic E-state index is 0.189. The Morgan fingerprint density at radius 3 is 2.69 bits per heavy atom. The fraction of sp³-hybridized carbons (Fsp3) is 0.500. The maximum Gasteiger partial charge on any atom is 0.340 e. The van der Waals surface area contributed by atoms with Gasteiger partial charge in [0.25, 0.3) is 5.91 Å². The van der Waals surface area contributed by atoms with E-state index in [-0.39, 0.29) is 12.0 Å². The molecule has 0 aromatic heterocycles. The number of ether oxygens (including phenoxy) is 2. The molecule has 142 valence electrons. The summed E-state index contributed by atoms with van der Waals surface area (Å²) in [5, 5.41) is 1.96. The zero-order valence-corrected chi connectivity index (χ0v) is 15.7. The van der Waals surface area contributed by atoms with E-state index in [1.807, 2.05) is 17.4 Å². The summed E-state index contributed by atoms with van der Waals surface area (Å²) >= 11 is 1.53. The average Bonchev–Trinajstić information content (AvgIpc) is 3.10.